The minimum atomic E-state index is -0.720. The first-order valence-electron chi connectivity index (χ1n) is 6.54. The quantitative estimate of drug-likeness (QED) is 0.472. The Labute approximate surface area is 121 Å². The molecule has 0 atom stereocenters. The van der Waals surface area contributed by atoms with Crippen LogP contribution >= 0.6 is 0 Å². The lowest BCUT2D eigenvalue weighted by Crippen LogP contribution is -2.33. The molecule has 0 spiro atoms. The van der Waals surface area contributed by atoms with Gasteiger partial charge in [-0.15, -0.1) is 0 Å². The minimum Gasteiger partial charge on any atom is -0.388 e. The SMILES string of the molecule is COCC(COC)OCC(O)COC(COC)COC. The molecule has 0 aliphatic heterocycles. The second-order valence-electron chi connectivity index (χ2n) is 4.39. The zero-order valence-electron chi connectivity index (χ0n) is 12.9. The third-order valence-corrected chi connectivity index (χ3v) is 2.46. The van der Waals surface area contributed by atoms with Gasteiger partial charge in [-0.2, -0.15) is 0 Å². The van der Waals surface area contributed by atoms with Gasteiger partial charge in [0, 0.05) is 28.4 Å². The van der Waals surface area contributed by atoms with Gasteiger partial charge in [0.2, 0.25) is 0 Å². The molecule has 0 bridgehead atoms. The largest absolute Gasteiger partial charge is 0.388 e. The van der Waals surface area contributed by atoms with Crippen molar-refractivity contribution < 1.29 is 33.5 Å². The summed E-state index contributed by atoms with van der Waals surface area (Å²) >= 11 is 0. The molecule has 20 heavy (non-hydrogen) atoms. The Morgan fingerprint density at radius 2 is 0.900 bits per heavy atom. The Balaban J connectivity index is 3.86. The van der Waals surface area contributed by atoms with Gasteiger partial charge in [-0.25, -0.2) is 0 Å². The molecule has 0 aliphatic rings. The van der Waals surface area contributed by atoms with Crippen LogP contribution in [0.3, 0.4) is 0 Å². The van der Waals surface area contributed by atoms with Crippen molar-refractivity contribution in [1.82, 2.24) is 0 Å². The smallest absolute Gasteiger partial charge is 0.104 e. The zero-order valence-corrected chi connectivity index (χ0v) is 12.9. The predicted molar refractivity (Wildman–Crippen MR) is 73.0 cm³/mol. The van der Waals surface area contributed by atoms with E-state index in [2.05, 4.69) is 0 Å². The molecule has 0 aromatic heterocycles. The second-order valence-corrected chi connectivity index (χ2v) is 4.39. The van der Waals surface area contributed by atoms with E-state index in [0.29, 0.717) is 26.4 Å². The summed E-state index contributed by atoms with van der Waals surface area (Å²) in [5.74, 6) is 0. The summed E-state index contributed by atoms with van der Waals surface area (Å²) in [6, 6.07) is 0. The molecule has 0 saturated heterocycles. The first-order chi connectivity index (χ1) is 9.67. The molecule has 122 valence electrons. The molecule has 0 aromatic carbocycles. The monoisotopic (exact) mass is 296 g/mol. The number of ether oxygens (including phenoxy) is 6. The second kappa shape index (κ2) is 13.7. The van der Waals surface area contributed by atoms with E-state index in [0.717, 1.165) is 0 Å². The third kappa shape index (κ3) is 10.5. The van der Waals surface area contributed by atoms with Gasteiger partial charge in [-0.1, -0.05) is 0 Å². The maximum Gasteiger partial charge on any atom is 0.104 e. The fourth-order valence-corrected chi connectivity index (χ4v) is 1.57. The van der Waals surface area contributed by atoms with Crippen molar-refractivity contribution in [3.05, 3.63) is 0 Å². The molecule has 0 fully saturated rings. The lowest BCUT2D eigenvalue weighted by molar-refractivity contribution is -0.105. The van der Waals surface area contributed by atoms with Crippen LogP contribution in [0.4, 0.5) is 0 Å². The highest BCUT2D eigenvalue weighted by Crippen LogP contribution is 2.00. The molecule has 0 saturated carbocycles. The Bertz CT molecular complexity index is 171. The number of methoxy groups -OCH3 is 4. The summed E-state index contributed by atoms with van der Waals surface area (Å²) in [4.78, 5) is 0. The van der Waals surface area contributed by atoms with Crippen LogP contribution in [-0.2, 0) is 28.4 Å². The Kier molecular flexibility index (Phi) is 13.5. The minimum absolute atomic E-state index is 0.157. The Morgan fingerprint density at radius 1 is 0.600 bits per heavy atom. The van der Waals surface area contributed by atoms with Crippen LogP contribution in [0.15, 0.2) is 0 Å². The van der Waals surface area contributed by atoms with Gasteiger partial charge < -0.3 is 33.5 Å². The van der Waals surface area contributed by atoms with E-state index in [1.165, 1.54) is 0 Å². The van der Waals surface area contributed by atoms with Crippen molar-refractivity contribution in [3.63, 3.8) is 0 Å². The average Bonchev–Trinajstić information content (AvgIpc) is 2.43. The standard InChI is InChI=1S/C13H28O7/c1-15-7-12(8-16-2)19-5-11(14)6-20-13(9-17-3)10-18-4/h11-14H,5-10H2,1-4H3. The normalized spacial score (nSPS) is 12.0. The van der Waals surface area contributed by atoms with E-state index < -0.39 is 6.10 Å². The Morgan fingerprint density at radius 3 is 1.15 bits per heavy atom. The van der Waals surface area contributed by atoms with Gasteiger partial charge in [-0.05, 0) is 0 Å². The van der Waals surface area contributed by atoms with Gasteiger partial charge in [0.05, 0.1) is 39.6 Å². The van der Waals surface area contributed by atoms with E-state index in [9.17, 15) is 5.11 Å². The molecule has 1 N–H and O–H groups in total. The Hall–Kier alpha value is -0.280. The third-order valence-electron chi connectivity index (χ3n) is 2.46. The highest BCUT2D eigenvalue weighted by atomic mass is 16.6. The van der Waals surface area contributed by atoms with Gasteiger partial charge in [0.25, 0.3) is 0 Å². The number of aliphatic hydroxyl groups excluding tert-OH is 1. The summed E-state index contributed by atoms with van der Waals surface area (Å²) < 4.78 is 31.0. The van der Waals surface area contributed by atoms with Crippen LogP contribution in [0, 0.1) is 0 Å². The number of rotatable bonds is 14. The van der Waals surface area contributed by atoms with Crippen LogP contribution in [0.5, 0.6) is 0 Å². The van der Waals surface area contributed by atoms with Crippen LogP contribution in [0.25, 0.3) is 0 Å². The number of hydrogen-bond donors (Lipinski definition) is 1. The molecular formula is C13H28O7. The van der Waals surface area contributed by atoms with E-state index in [1.807, 2.05) is 0 Å². The van der Waals surface area contributed by atoms with Crippen LogP contribution in [0.1, 0.15) is 0 Å². The molecule has 7 nitrogen and oxygen atoms in total. The van der Waals surface area contributed by atoms with Crippen molar-refractivity contribution in [1.29, 1.82) is 0 Å². The van der Waals surface area contributed by atoms with E-state index >= 15 is 0 Å². The van der Waals surface area contributed by atoms with Gasteiger partial charge in [0.1, 0.15) is 18.3 Å². The number of aliphatic hydroxyl groups is 1. The van der Waals surface area contributed by atoms with Crippen LogP contribution in [0.2, 0.25) is 0 Å². The van der Waals surface area contributed by atoms with Crippen molar-refractivity contribution >= 4 is 0 Å². The molecule has 0 heterocycles. The molecule has 0 aliphatic carbocycles. The summed E-state index contributed by atoms with van der Waals surface area (Å²) in [6.45, 7) is 1.97. The van der Waals surface area contributed by atoms with Gasteiger partial charge in [-0.3, -0.25) is 0 Å². The highest BCUT2D eigenvalue weighted by molar-refractivity contribution is 4.61. The van der Waals surface area contributed by atoms with Crippen molar-refractivity contribution in [2.24, 2.45) is 0 Å². The summed E-state index contributed by atoms with van der Waals surface area (Å²) in [5.41, 5.74) is 0. The molecular weight excluding hydrogens is 268 g/mol. The first kappa shape index (κ1) is 19.7. The van der Waals surface area contributed by atoms with Gasteiger partial charge >= 0.3 is 0 Å². The molecule has 0 rings (SSSR count). The predicted octanol–water partition coefficient (Wildman–Crippen LogP) is -0.297. The topological polar surface area (TPSA) is 75.6 Å². The summed E-state index contributed by atoms with van der Waals surface area (Å²) in [7, 11) is 6.36. The average molecular weight is 296 g/mol. The maximum absolute atomic E-state index is 9.81. The highest BCUT2D eigenvalue weighted by Gasteiger charge is 2.15. The van der Waals surface area contributed by atoms with E-state index in [1.54, 1.807) is 28.4 Å². The first-order valence-corrected chi connectivity index (χ1v) is 6.54. The fourth-order valence-electron chi connectivity index (χ4n) is 1.57. The molecule has 0 radical (unpaired) electrons. The van der Waals surface area contributed by atoms with Crippen molar-refractivity contribution in [2.75, 3.05) is 68.1 Å². The van der Waals surface area contributed by atoms with Crippen molar-refractivity contribution in [3.8, 4) is 0 Å². The van der Waals surface area contributed by atoms with E-state index in [4.69, 9.17) is 28.4 Å². The molecule has 7 heteroatoms. The number of hydrogen-bond acceptors (Lipinski definition) is 7. The molecule has 0 amide bonds. The summed E-state index contributed by atoms with van der Waals surface area (Å²) in [6.07, 6.45) is -1.12. The van der Waals surface area contributed by atoms with Crippen molar-refractivity contribution in [2.45, 2.75) is 18.3 Å². The zero-order chi connectivity index (χ0) is 15.2. The molecule has 0 aromatic rings. The molecule has 0 unspecified atom stereocenters. The van der Waals surface area contributed by atoms with E-state index in [-0.39, 0.29) is 25.4 Å². The fraction of sp³-hybridized carbons (Fsp3) is 1.00. The van der Waals surface area contributed by atoms with Crippen LogP contribution < -0.4 is 0 Å². The maximum atomic E-state index is 9.81. The van der Waals surface area contributed by atoms with Crippen LogP contribution in [-0.4, -0.2) is 91.5 Å². The van der Waals surface area contributed by atoms with Gasteiger partial charge in [0.15, 0.2) is 0 Å². The lowest BCUT2D eigenvalue weighted by atomic mass is 10.3. The lowest BCUT2D eigenvalue weighted by Gasteiger charge is -2.21. The summed E-state index contributed by atoms with van der Waals surface area (Å²) in [5, 5.41) is 9.81.